The SMILES string of the molecule is N#Cc1ccc(NCc2cc(F)c(F)cc2F)c(Cl)c1. The topological polar surface area (TPSA) is 35.8 Å². The highest BCUT2D eigenvalue weighted by Crippen LogP contribution is 2.24. The Labute approximate surface area is 118 Å². The molecule has 0 bridgehead atoms. The first-order valence-corrected chi connectivity index (χ1v) is 5.96. The first kappa shape index (κ1) is 14.2. The fourth-order valence-electron chi connectivity index (χ4n) is 1.62. The summed E-state index contributed by atoms with van der Waals surface area (Å²) in [6.45, 7) is -0.0609. The van der Waals surface area contributed by atoms with E-state index >= 15 is 0 Å². The molecule has 6 heteroatoms. The van der Waals surface area contributed by atoms with Crippen molar-refractivity contribution in [1.29, 1.82) is 5.26 Å². The molecular weight excluding hydrogens is 289 g/mol. The normalized spacial score (nSPS) is 10.2. The second-order valence-corrected chi connectivity index (χ2v) is 4.42. The second-order valence-electron chi connectivity index (χ2n) is 4.02. The molecule has 1 N–H and O–H groups in total. The average molecular weight is 297 g/mol. The van der Waals surface area contributed by atoms with Crippen molar-refractivity contribution >= 4 is 17.3 Å². The number of nitrogens with zero attached hydrogens (tertiary/aromatic N) is 1. The van der Waals surface area contributed by atoms with Gasteiger partial charge in [0.1, 0.15) is 5.82 Å². The van der Waals surface area contributed by atoms with Crippen molar-refractivity contribution in [3.8, 4) is 6.07 Å². The molecule has 0 saturated heterocycles. The Balaban J connectivity index is 2.17. The van der Waals surface area contributed by atoms with E-state index in [4.69, 9.17) is 16.9 Å². The lowest BCUT2D eigenvalue weighted by Crippen LogP contribution is -2.04. The fraction of sp³-hybridized carbons (Fsp3) is 0.0714. The van der Waals surface area contributed by atoms with Crippen LogP contribution in [-0.2, 0) is 6.54 Å². The van der Waals surface area contributed by atoms with Crippen molar-refractivity contribution in [2.75, 3.05) is 5.32 Å². The summed E-state index contributed by atoms with van der Waals surface area (Å²) in [5.41, 5.74) is 0.832. The zero-order valence-electron chi connectivity index (χ0n) is 10.1. The van der Waals surface area contributed by atoms with E-state index in [2.05, 4.69) is 5.32 Å². The third kappa shape index (κ3) is 3.03. The van der Waals surface area contributed by atoms with Gasteiger partial charge in [-0.05, 0) is 24.3 Å². The number of anilines is 1. The first-order valence-electron chi connectivity index (χ1n) is 5.58. The monoisotopic (exact) mass is 296 g/mol. The van der Waals surface area contributed by atoms with Gasteiger partial charge in [-0.2, -0.15) is 5.26 Å². The molecule has 2 aromatic carbocycles. The molecule has 0 saturated carbocycles. The molecule has 2 rings (SSSR count). The van der Waals surface area contributed by atoms with Gasteiger partial charge in [0.25, 0.3) is 0 Å². The molecule has 102 valence electrons. The summed E-state index contributed by atoms with van der Waals surface area (Å²) in [7, 11) is 0. The molecule has 0 spiro atoms. The van der Waals surface area contributed by atoms with Gasteiger partial charge >= 0.3 is 0 Å². The van der Waals surface area contributed by atoms with Crippen molar-refractivity contribution in [3.63, 3.8) is 0 Å². The smallest absolute Gasteiger partial charge is 0.161 e. The van der Waals surface area contributed by atoms with Gasteiger partial charge in [0.2, 0.25) is 0 Å². The lowest BCUT2D eigenvalue weighted by Gasteiger charge is -2.09. The van der Waals surface area contributed by atoms with Gasteiger partial charge in [0.15, 0.2) is 11.6 Å². The van der Waals surface area contributed by atoms with Crippen LogP contribution in [0.3, 0.4) is 0 Å². The lowest BCUT2D eigenvalue weighted by molar-refractivity contribution is 0.490. The number of rotatable bonds is 3. The van der Waals surface area contributed by atoms with Crippen LogP contribution < -0.4 is 5.32 Å². The molecule has 0 heterocycles. The Morgan fingerprint density at radius 1 is 1.05 bits per heavy atom. The van der Waals surface area contributed by atoms with Gasteiger partial charge in [-0.25, -0.2) is 13.2 Å². The highest BCUT2D eigenvalue weighted by atomic mass is 35.5. The van der Waals surface area contributed by atoms with E-state index in [-0.39, 0.29) is 17.1 Å². The first-order chi connectivity index (χ1) is 9.51. The molecule has 0 aliphatic heterocycles. The van der Waals surface area contributed by atoms with E-state index in [0.717, 1.165) is 6.07 Å². The third-order valence-corrected chi connectivity index (χ3v) is 2.97. The minimum Gasteiger partial charge on any atom is -0.380 e. The molecular formula is C14H8ClF3N2. The van der Waals surface area contributed by atoms with Gasteiger partial charge in [-0.1, -0.05) is 11.6 Å². The summed E-state index contributed by atoms with van der Waals surface area (Å²) < 4.78 is 39.2. The van der Waals surface area contributed by atoms with E-state index in [1.54, 1.807) is 6.07 Å². The maximum absolute atomic E-state index is 13.4. The second kappa shape index (κ2) is 5.85. The maximum atomic E-state index is 13.4. The largest absolute Gasteiger partial charge is 0.380 e. The van der Waals surface area contributed by atoms with Gasteiger partial charge in [-0.15, -0.1) is 0 Å². The van der Waals surface area contributed by atoms with Crippen LogP contribution in [0.4, 0.5) is 18.9 Å². The molecule has 0 fully saturated rings. The van der Waals surface area contributed by atoms with Gasteiger partial charge < -0.3 is 5.32 Å². The van der Waals surface area contributed by atoms with Crippen molar-refractivity contribution in [2.24, 2.45) is 0 Å². The van der Waals surface area contributed by atoms with Crippen LogP contribution in [-0.4, -0.2) is 0 Å². The molecule has 0 aliphatic rings. The highest BCUT2D eigenvalue weighted by molar-refractivity contribution is 6.33. The van der Waals surface area contributed by atoms with E-state index in [1.165, 1.54) is 12.1 Å². The van der Waals surface area contributed by atoms with E-state index in [0.29, 0.717) is 17.3 Å². The summed E-state index contributed by atoms with van der Waals surface area (Å²) in [4.78, 5) is 0. The van der Waals surface area contributed by atoms with Crippen LogP contribution in [0.5, 0.6) is 0 Å². The van der Waals surface area contributed by atoms with Crippen LogP contribution in [0, 0.1) is 28.8 Å². The molecule has 0 aliphatic carbocycles. The quantitative estimate of drug-likeness (QED) is 0.860. The molecule has 0 atom stereocenters. The summed E-state index contributed by atoms with van der Waals surface area (Å²) in [5.74, 6) is -3.20. The Morgan fingerprint density at radius 3 is 2.40 bits per heavy atom. The number of benzene rings is 2. The Kier molecular flexibility index (Phi) is 4.16. The number of hydrogen-bond donors (Lipinski definition) is 1. The predicted molar refractivity (Wildman–Crippen MR) is 69.8 cm³/mol. The van der Waals surface area contributed by atoms with E-state index < -0.39 is 17.5 Å². The average Bonchev–Trinajstić information content (AvgIpc) is 2.42. The van der Waals surface area contributed by atoms with Crippen molar-refractivity contribution < 1.29 is 13.2 Å². The van der Waals surface area contributed by atoms with Crippen LogP contribution in [0.2, 0.25) is 5.02 Å². The van der Waals surface area contributed by atoms with Crippen LogP contribution in [0.1, 0.15) is 11.1 Å². The van der Waals surface area contributed by atoms with Gasteiger partial charge in [0, 0.05) is 18.2 Å². The fourth-order valence-corrected chi connectivity index (χ4v) is 1.87. The van der Waals surface area contributed by atoms with Crippen molar-refractivity contribution in [3.05, 3.63) is 63.9 Å². The molecule has 20 heavy (non-hydrogen) atoms. The molecule has 0 unspecified atom stereocenters. The predicted octanol–water partition coefficient (Wildman–Crippen LogP) is 4.24. The number of halogens is 4. The number of hydrogen-bond acceptors (Lipinski definition) is 2. The zero-order chi connectivity index (χ0) is 14.7. The minimum absolute atomic E-state index is 0.0238. The maximum Gasteiger partial charge on any atom is 0.161 e. The van der Waals surface area contributed by atoms with Crippen LogP contribution in [0.25, 0.3) is 0 Å². The van der Waals surface area contributed by atoms with Gasteiger partial charge in [-0.3, -0.25) is 0 Å². The van der Waals surface area contributed by atoms with Crippen molar-refractivity contribution in [1.82, 2.24) is 0 Å². The van der Waals surface area contributed by atoms with Gasteiger partial charge in [0.05, 0.1) is 22.3 Å². The summed E-state index contributed by atoms with van der Waals surface area (Å²) >= 11 is 5.93. The van der Waals surface area contributed by atoms with E-state index in [9.17, 15) is 13.2 Å². The van der Waals surface area contributed by atoms with E-state index in [1.807, 2.05) is 6.07 Å². The molecule has 0 amide bonds. The Morgan fingerprint density at radius 2 is 1.75 bits per heavy atom. The third-order valence-electron chi connectivity index (χ3n) is 2.66. The molecule has 2 nitrogen and oxygen atoms in total. The molecule has 0 radical (unpaired) electrons. The highest BCUT2D eigenvalue weighted by Gasteiger charge is 2.10. The van der Waals surface area contributed by atoms with Crippen LogP contribution >= 0.6 is 11.6 Å². The van der Waals surface area contributed by atoms with Crippen LogP contribution in [0.15, 0.2) is 30.3 Å². The lowest BCUT2D eigenvalue weighted by atomic mass is 10.2. The number of nitriles is 1. The van der Waals surface area contributed by atoms with Crippen molar-refractivity contribution in [2.45, 2.75) is 6.54 Å². The summed E-state index contributed by atoms with van der Waals surface area (Å²) in [5, 5.41) is 11.8. The summed E-state index contributed by atoms with van der Waals surface area (Å²) in [6.07, 6.45) is 0. The summed E-state index contributed by atoms with van der Waals surface area (Å²) in [6, 6.07) is 7.75. The zero-order valence-corrected chi connectivity index (χ0v) is 10.8. The Bertz CT molecular complexity index is 696. The Hall–Kier alpha value is -2.19. The molecule has 0 aromatic heterocycles. The number of nitrogens with one attached hydrogen (secondary N) is 1. The molecule has 2 aromatic rings. The minimum atomic E-state index is -1.23. The standard InChI is InChI=1S/C14H8ClF3N2/c15-10-3-8(6-19)1-2-14(10)20-7-9-4-12(17)13(18)5-11(9)16/h1-5,20H,7H2.